The lowest BCUT2D eigenvalue weighted by atomic mass is 9.99. The number of aliphatic hydroxyl groups is 2. The minimum atomic E-state index is -1.30. The molecule has 0 radical (unpaired) electrons. The largest absolute Gasteiger partial charge is 0.507 e. The maximum Gasteiger partial charge on any atom is 0.407 e. The zero-order valence-electron chi connectivity index (χ0n) is 14.8. The molecule has 4 N–H and O–H groups in total. The van der Waals surface area contributed by atoms with Crippen LogP contribution in [0.25, 0.3) is 0 Å². The molecule has 8 nitrogen and oxygen atoms in total. The number of ether oxygens (including phenoxy) is 2. The number of aromatic hydroxyl groups is 1. The van der Waals surface area contributed by atoms with Crippen molar-refractivity contribution in [1.29, 1.82) is 0 Å². The van der Waals surface area contributed by atoms with E-state index < -0.39 is 29.9 Å². The molecule has 1 aromatic carbocycles. The minimum Gasteiger partial charge on any atom is -0.507 e. The average molecular weight is 355 g/mol. The number of esters is 1. The second-order valence-electron chi connectivity index (χ2n) is 6.50. The molecule has 0 aliphatic carbocycles. The van der Waals surface area contributed by atoms with Gasteiger partial charge in [-0.15, -0.1) is 0 Å². The molecule has 1 amide bonds. The smallest absolute Gasteiger partial charge is 0.407 e. The quantitative estimate of drug-likeness (QED) is 0.570. The topological polar surface area (TPSA) is 125 Å². The Bertz CT molecular complexity index is 610. The Balaban J connectivity index is 2.63. The number of hydrogen-bond acceptors (Lipinski definition) is 7. The van der Waals surface area contributed by atoms with Gasteiger partial charge in [-0.2, -0.15) is 0 Å². The number of carbonyl (C=O) groups excluding carboxylic acids is 2. The highest BCUT2D eigenvalue weighted by Gasteiger charge is 2.22. The van der Waals surface area contributed by atoms with E-state index in [-0.39, 0.29) is 29.8 Å². The molecule has 0 fully saturated rings. The van der Waals surface area contributed by atoms with Gasteiger partial charge >= 0.3 is 12.1 Å². The summed E-state index contributed by atoms with van der Waals surface area (Å²) in [5.41, 5.74) is -0.500. The van der Waals surface area contributed by atoms with E-state index in [0.29, 0.717) is 0 Å². The molecular weight excluding hydrogens is 330 g/mol. The van der Waals surface area contributed by atoms with Crippen LogP contribution in [0.2, 0.25) is 0 Å². The lowest BCUT2D eigenvalue weighted by Crippen LogP contribution is -2.34. The number of rotatable bonds is 6. The highest BCUT2D eigenvalue weighted by Crippen LogP contribution is 2.25. The highest BCUT2D eigenvalue weighted by atomic mass is 16.6. The summed E-state index contributed by atoms with van der Waals surface area (Å²) in [5.74, 6) is -1.04. The number of aliphatic hydroxyl groups excluding tert-OH is 2. The lowest BCUT2D eigenvalue weighted by Gasteiger charge is -2.21. The Hall–Kier alpha value is -2.32. The Morgan fingerprint density at radius 3 is 2.44 bits per heavy atom. The molecule has 0 aliphatic rings. The van der Waals surface area contributed by atoms with Gasteiger partial charge in [-0.3, -0.25) is 0 Å². The maximum atomic E-state index is 11.6. The zero-order valence-corrected chi connectivity index (χ0v) is 14.8. The van der Waals surface area contributed by atoms with Crippen LogP contribution in [0.4, 0.5) is 4.79 Å². The molecule has 1 aromatic rings. The molecule has 1 rings (SSSR count). The third-order valence-electron chi connectivity index (χ3n) is 3.24. The number of benzene rings is 1. The summed E-state index contributed by atoms with van der Waals surface area (Å²) in [5, 5.41) is 32.4. The average Bonchev–Trinajstić information content (AvgIpc) is 2.52. The molecule has 0 spiro atoms. The van der Waals surface area contributed by atoms with Crippen LogP contribution in [0.15, 0.2) is 18.2 Å². The number of alkyl carbamates (subject to hydrolysis) is 1. The van der Waals surface area contributed by atoms with E-state index >= 15 is 0 Å². The van der Waals surface area contributed by atoms with Crippen molar-refractivity contribution in [2.24, 2.45) is 0 Å². The van der Waals surface area contributed by atoms with Gasteiger partial charge in [0.1, 0.15) is 23.0 Å². The van der Waals surface area contributed by atoms with Crippen LogP contribution in [0.1, 0.15) is 49.2 Å². The summed E-state index contributed by atoms with van der Waals surface area (Å²) in [6.45, 7) is 5.29. The monoisotopic (exact) mass is 355 g/mol. The summed E-state index contributed by atoms with van der Waals surface area (Å²) in [7, 11) is 1.17. The molecule has 2 unspecified atom stereocenters. The molecular formula is C17H25NO7. The molecule has 8 heteroatoms. The number of amides is 1. The van der Waals surface area contributed by atoms with Crippen LogP contribution in [-0.4, -0.2) is 52.7 Å². The fourth-order valence-electron chi connectivity index (χ4n) is 2.03. The van der Waals surface area contributed by atoms with Crippen molar-refractivity contribution >= 4 is 12.1 Å². The summed E-state index contributed by atoms with van der Waals surface area (Å²) < 4.78 is 9.60. The molecule has 2 atom stereocenters. The molecule has 0 saturated carbocycles. The first kappa shape index (κ1) is 20.7. The van der Waals surface area contributed by atoms with E-state index in [4.69, 9.17) is 4.74 Å². The summed E-state index contributed by atoms with van der Waals surface area (Å²) in [6, 6.07) is 3.86. The SMILES string of the molecule is COC(=O)c1cc(C(O)C(O)CCNC(=O)OC(C)(C)C)ccc1O. The Labute approximate surface area is 146 Å². The predicted molar refractivity (Wildman–Crippen MR) is 89.3 cm³/mol. The minimum absolute atomic E-state index is 0.0643. The van der Waals surface area contributed by atoms with Gasteiger partial charge in [-0.05, 0) is 44.9 Å². The first-order valence-electron chi connectivity index (χ1n) is 7.79. The van der Waals surface area contributed by atoms with Gasteiger partial charge in [-0.25, -0.2) is 9.59 Å². The fourth-order valence-corrected chi connectivity index (χ4v) is 2.03. The summed E-state index contributed by atoms with van der Waals surface area (Å²) in [6.07, 6.45) is -3.05. The number of phenols is 1. The molecule has 0 saturated heterocycles. The van der Waals surface area contributed by atoms with E-state index in [1.807, 2.05) is 0 Å². The zero-order chi connectivity index (χ0) is 19.2. The first-order chi connectivity index (χ1) is 11.5. The molecule has 0 aromatic heterocycles. The van der Waals surface area contributed by atoms with Gasteiger partial charge in [0, 0.05) is 6.54 Å². The first-order valence-corrected chi connectivity index (χ1v) is 7.79. The van der Waals surface area contributed by atoms with Crippen LogP contribution >= 0.6 is 0 Å². The van der Waals surface area contributed by atoms with Gasteiger partial charge in [0.05, 0.1) is 13.2 Å². The number of phenolic OH excluding ortho intramolecular Hbond substituents is 1. The highest BCUT2D eigenvalue weighted by molar-refractivity contribution is 5.92. The van der Waals surface area contributed by atoms with Gasteiger partial charge in [-0.1, -0.05) is 6.07 Å². The van der Waals surface area contributed by atoms with E-state index in [1.165, 1.54) is 25.3 Å². The number of hydrogen-bond donors (Lipinski definition) is 4. The summed E-state index contributed by atoms with van der Waals surface area (Å²) in [4.78, 5) is 23.1. The number of nitrogens with one attached hydrogen (secondary N) is 1. The maximum absolute atomic E-state index is 11.6. The van der Waals surface area contributed by atoms with Crippen LogP contribution in [0, 0.1) is 0 Å². The Morgan fingerprint density at radius 1 is 1.24 bits per heavy atom. The van der Waals surface area contributed by atoms with Crippen LogP contribution < -0.4 is 5.32 Å². The van der Waals surface area contributed by atoms with Crippen molar-refractivity contribution in [3.63, 3.8) is 0 Å². The Morgan fingerprint density at radius 2 is 1.88 bits per heavy atom. The number of methoxy groups -OCH3 is 1. The van der Waals surface area contributed by atoms with Crippen molar-refractivity contribution in [2.45, 2.75) is 45.0 Å². The standard InChI is InChI=1S/C17H25NO7/c1-17(2,3)25-16(23)18-8-7-13(20)14(21)10-5-6-12(19)11(9-10)15(22)24-4/h5-6,9,13-14,19-21H,7-8H2,1-4H3,(H,18,23). The van der Waals surface area contributed by atoms with Gasteiger partial charge in [0.15, 0.2) is 0 Å². The second-order valence-corrected chi connectivity index (χ2v) is 6.50. The normalized spacial score (nSPS) is 13.7. The van der Waals surface area contributed by atoms with Crippen molar-refractivity contribution in [2.75, 3.05) is 13.7 Å². The fraction of sp³-hybridized carbons (Fsp3) is 0.529. The number of carbonyl (C=O) groups is 2. The Kier molecular flexibility index (Phi) is 7.20. The third kappa shape index (κ3) is 6.60. The third-order valence-corrected chi connectivity index (χ3v) is 3.24. The molecule has 25 heavy (non-hydrogen) atoms. The van der Waals surface area contributed by atoms with Gasteiger partial charge in [0.2, 0.25) is 0 Å². The summed E-state index contributed by atoms with van der Waals surface area (Å²) >= 11 is 0. The molecule has 0 aliphatic heterocycles. The molecule has 0 bridgehead atoms. The van der Waals surface area contributed by atoms with Crippen LogP contribution in [0.5, 0.6) is 5.75 Å². The predicted octanol–water partition coefficient (Wildman–Crippen LogP) is 1.49. The van der Waals surface area contributed by atoms with Crippen molar-refractivity contribution in [3.05, 3.63) is 29.3 Å². The van der Waals surface area contributed by atoms with Crippen LogP contribution in [-0.2, 0) is 9.47 Å². The van der Waals surface area contributed by atoms with Crippen molar-refractivity contribution in [1.82, 2.24) is 5.32 Å². The lowest BCUT2D eigenvalue weighted by molar-refractivity contribution is 0.0121. The van der Waals surface area contributed by atoms with Gasteiger partial charge in [0.25, 0.3) is 0 Å². The van der Waals surface area contributed by atoms with E-state index in [0.717, 1.165) is 0 Å². The van der Waals surface area contributed by atoms with Gasteiger partial charge < -0.3 is 30.1 Å². The van der Waals surface area contributed by atoms with Crippen molar-refractivity contribution < 1.29 is 34.4 Å². The molecule has 140 valence electrons. The van der Waals surface area contributed by atoms with Crippen LogP contribution in [0.3, 0.4) is 0 Å². The second kappa shape index (κ2) is 8.68. The van der Waals surface area contributed by atoms with Crippen molar-refractivity contribution in [3.8, 4) is 5.75 Å². The van der Waals surface area contributed by atoms with E-state index in [2.05, 4.69) is 10.1 Å². The molecule has 0 heterocycles. The van der Waals surface area contributed by atoms with E-state index in [1.54, 1.807) is 20.8 Å². The van der Waals surface area contributed by atoms with E-state index in [9.17, 15) is 24.9 Å².